The number of fused-ring (bicyclic) bond motifs is 1. The summed E-state index contributed by atoms with van der Waals surface area (Å²) in [6.45, 7) is 2.85. The number of piperidine rings is 1. The molecular formula is C21H22N6O4. The number of nitro benzene ring substituents is 1. The van der Waals surface area contributed by atoms with Gasteiger partial charge >= 0.3 is 0 Å². The van der Waals surface area contributed by atoms with E-state index in [1.807, 2.05) is 6.07 Å². The van der Waals surface area contributed by atoms with Crippen molar-refractivity contribution in [2.75, 3.05) is 16.8 Å². The number of amides is 1. The molecule has 1 aromatic carbocycles. The molecule has 0 spiro atoms. The molecule has 3 atom stereocenters. The monoisotopic (exact) mass is 422 g/mol. The zero-order chi connectivity index (χ0) is 22.1. The molecule has 10 nitrogen and oxygen atoms in total. The second kappa shape index (κ2) is 8.18. The topological polar surface area (TPSA) is 145 Å². The molecule has 1 fully saturated rings. The molecule has 0 bridgehead atoms. The van der Waals surface area contributed by atoms with Gasteiger partial charge in [0, 0.05) is 30.6 Å². The van der Waals surface area contributed by atoms with Gasteiger partial charge in [0.05, 0.1) is 16.6 Å². The third-order valence-electron chi connectivity index (χ3n) is 6.08. The zero-order valence-electron chi connectivity index (χ0n) is 17.0. The Hall–Kier alpha value is -3.74. The SMILES string of the molecule is CCC1CCCCN1c1nc2c(c(=O)[nH]1)C(c1ccc([N+](=O)[O-])cc1)C(C#N)C(=O)N2. The van der Waals surface area contributed by atoms with E-state index >= 15 is 0 Å². The van der Waals surface area contributed by atoms with Crippen molar-refractivity contribution < 1.29 is 9.72 Å². The van der Waals surface area contributed by atoms with E-state index in [2.05, 4.69) is 27.1 Å². The molecule has 0 radical (unpaired) electrons. The van der Waals surface area contributed by atoms with Crippen LogP contribution in [0.2, 0.25) is 0 Å². The fourth-order valence-corrected chi connectivity index (χ4v) is 4.50. The second-order valence-electron chi connectivity index (χ2n) is 7.83. The number of nitriles is 1. The highest BCUT2D eigenvalue weighted by molar-refractivity contribution is 5.98. The highest BCUT2D eigenvalue weighted by Gasteiger charge is 2.40. The molecule has 2 N–H and O–H groups in total. The predicted molar refractivity (Wildman–Crippen MR) is 113 cm³/mol. The number of H-pyrrole nitrogens is 1. The van der Waals surface area contributed by atoms with Crippen molar-refractivity contribution in [2.45, 2.75) is 44.6 Å². The van der Waals surface area contributed by atoms with Crippen LogP contribution < -0.4 is 15.8 Å². The summed E-state index contributed by atoms with van der Waals surface area (Å²) in [7, 11) is 0. The Labute approximate surface area is 178 Å². The third kappa shape index (κ3) is 3.63. The number of benzene rings is 1. The summed E-state index contributed by atoms with van der Waals surface area (Å²) in [5, 5.41) is 23.2. The molecule has 2 aliphatic rings. The Morgan fingerprint density at radius 2 is 2.03 bits per heavy atom. The summed E-state index contributed by atoms with van der Waals surface area (Å²) < 4.78 is 0. The van der Waals surface area contributed by atoms with Crippen molar-refractivity contribution in [3.63, 3.8) is 0 Å². The Bertz CT molecular complexity index is 1120. The summed E-state index contributed by atoms with van der Waals surface area (Å²) in [5.41, 5.74) is 0.117. The number of hydrogen-bond donors (Lipinski definition) is 2. The maximum atomic E-state index is 13.2. The molecule has 3 heterocycles. The summed E-state index contributed by atoms with van der Waals surface area (Å²) in [4.78, 5) is 45.7. The van der Waals surface area contributed by atoms with E-state index in [0.717, 1.165) is 32.2 Å². The minimum atomic E-state index is -1.15. The van der Waals surface area contributed by atoms with Gasteiger partial charge in [-0.25, -0.2) is 0 Å². The van der Waals surface area contributed by atoms with E-state index in [0.29, 0.717) is 11.5 Å². The number of nitrogens with zero attached hydrogens (tertiary/aromatic N) is 4. The van der Waals surface area contributed by atoms with E-state index in [4.69, 9.17) is 0 Å². The largest absolute Gasteiger partial charge is 0.339 e. The van der Waals surface area contributed by atoms with E-state index in [-0.39, 0.29) is 23.1 Å². The Morgan fingerprint density at radius 3 is 2.68 bits per heavy atom. The van der Waals surface area contributed by atoms with Crippen LogP contribution in [0.1, 0.15) is 49.7 Å². The number of aromatic nitrogens is 2. The standard InChI is InChI=1S/C21H22N6O4/c1-2-13-5-3-4-10-26(13)21-24-18-17(20(29)25-21)16(15(11-22)19(28)23-18)12-6-8-14(9-7-12)27(30)31/h6-9,13,15-16H,2-5,10H2,1H3,(H2,23,24,25,28,29). The van der Waals surface area contributed by atoms with Crippen LogP contribution in [-0.2, 0) is 4.79 Å². The quantitative estimate of drug-likeness (QED) is 0.569. The average molecular weight is 422 g/mol. The van der Waals surface area contributed by atoms with Gasteiger partial charge in [0.1, 0.15) is 11.7 Å². The first-order chi connectivity index (χ1) is 14.9. The van der Waals surface area contributed by atoms with E-state index in [9.17, 15) is 25.0 Å². The molecule has 3 unspecified atom stereocenters. The summed E-state index contributed by atoms with van der Waals surface area (Å²) in [6.07, 6.45) is 4.03. The van der Waals surface area contributed by atoms with Crippen LogP contribution in [0.25, 0.3) is 0 Å². The smallest absolute Gasteiger partial charge is 0.269 e. The maximum Gasteiger partial charge on any atom is 0.269 e. The zero-order valence-corrected chi connectivity index (χ0v) is 17.0. The average Bonchev–Trinajstić information content (AvgIpc) is 2.78. The van der Waals surface area contributed by atoms with Crippen LogP contribution in [0.3, 0.4) is 0 Å². The third-order valence-corrected chi connectivity index (χ3v) is 6.08. The lowest BCUT2D eigenvalue weighted by atomic mass is 9.79. The Morgan fingerprint density at radius 1 is 1.29 bits per heavy atom. The Kier molecular flexibility index (Phi) is 5.42. The molecule has 4 rings (SSSR count). The number of carbonyl (C=O) groups is 1. The van der Waals surface area contributed by atoms with Gasteiger partial charge in [0.25, 0.3) is 11.2 Å². The van der Waals surface area contributed by atoms with Gasteiger partial charge in [-0.05, 0) is 31.2 Å². The van der Waals surface area contributed by atoms with Crippen molar-refractivity contribution in [3.8, 4) is 6.07 Å². The van der Waals surface area contributed by atoms with Gasteiger partial charge in [-0.1, -0.05) is 19.1 Å². The number of nitrogens with one attached hydrogen (secondary N) is 2. The highest BCUT2D eigenvalue weighted by atomic mass is 16.6. The number of non-ortho nitro benzene ring substituents is 1. The number of hydrogen-bond acceptors (Lipinski definition) is 7. The molecule has 2 aromatic rings. The van der Waals surface area contributed by atoms with Crippen molar-refractivity contribution in [3.05, 3.63) is 55.9 Å². The summed E-state index contributed by atoms with van der Waals surface area (Å²) in [6, 6.07) is 7.76. The highest BCUT2D eigenvalue weighted by Crippen LogP contribution is 2.39. The molecule has 31 heavy (non-hydrogen) atoms. The predicted octanol–water partition coefficient (Wildman–Crippen LogP) is 2.67. The molecule has 1 amide bonds. The number of aromatic amines is 1. The van der Waals surface area contributed by atoms with Gasteiger partial charge in [-0.3, -0.25) is 24.7 Å². The van der Waals surface area contributed by atoms with Crippen molar-refractivity contribution in [1.29, 1.82) is 5.26 Å². The first kappa shape index (κ1) is 20.5. The normalized spacial score (nSPS) is 22.9. The molecule has 0 saturated carbocycles. The van der Waals surface area contributed by atoms with E-state index in [1.54, 1.807) is 0 Å². The van der Waals surface area contributed by atoms with E-state index < -0.39 is 28.2 Å². The lowest BCUT2D eigenvalue weighted by Gasteiger charge is -2.36. The van der Waals surface area contributed by atoms with Crippen LogP contribution in [0.5, 0.6) is 0 Å². The number of anilines is 2. The van der Waals surface area contributed by atoms with Gasteiger partial charge in [0.15, 0.2) is 0 Å². The first-order valence-corrected chi connectivity index (χ1v) is 10.3. The van der Waals surface area contributed by atoms with Gasteiger partial charge in [0.2, 0.25) is 11.9 Å². The molecule has 160 valence electrons. The lowest BCUT2D eigenvalue weighted by Crippen LogP contribution is -2.43. The van der Waals surface area contributed by atoms with Gasteiger partial charge < -0.3 is 10.2 Å². The maximum absolute atomic E-state index is 13.2. The van der Waals surface area contributed by atoms with Gasteiger partial charge in [-0.2, -0.15) is 10.2 Å². The van der Waals surface area contributed by atoms with Crippen LogP contribution in [0.4, 0.5) is 17.5 Å². The fraction of sp³-hybridized carbons (Fsp3) is 0.429. The number of carbonyl (C=O) groups excluding carboxylic acids is 1. The lowest BCUT2D eigenvalue weighted by molar-refractivity contribution is -0.384. The van der Waals surface area contributed by atoms with Crippen LogP contribution >= 0.6 is 0 Å². The van der Waals surface area contributed by atoms with Crippen molar-refractivity contribution in [2.24, 2.45) is 5.92 Å². The van der Waals surface area contributed by atoms with Crippen LogP contribution in [0, 0.1) is 27.4 Å². The molecule has 10 heteroatoms. The van der Waals surface area contributed by atoms with Crippen molar-refractivity contribution >= 4 is 23.4 Å². The van der Waals surface area contributed by atoms with Crippen molar-refractivity contribution in [1.82, 2.24) is 9.97 Å². The minimum Gasteiger partial charge on any atom is -0.339 e. The molecular weight excluding hydrogens is 400 g/mol. The first-order valence-electron chi connectivity index (χ1n) is 10.3. The summed E-state index contributed by atoms with van der Waals surface area (Å²) >= 11 is 0. The van der Waals surface area contributed by atoms with Crippen LogP contribution in [-0.4, -0.2) is 33.4 Å². The van der Waals surface area contributed by atoms with Crippen LogP contribution in [0.15, 0.2) is 29.1 Å². The van der Waals surface area contributed by atoms with E-state index in [1.165, 1.54) is 24.3 Å². The molecule has 2 aliphatic heterocycles. The van der Waals surface area contributed by atoms with Gasteiger partial charge in [-0.15, -0.1) is 0 Å². The Balaban J connectivity index is 1.81. The fourth-order valence-electron chi connectivity index (χ4n) is 4.50. The summed E-state index contributed by atoms with van der Waals surface area (Å²) in [5.74, 6) is -2.02. The number of rotatable bonds is 4. The second-order valence-corrected chi connectivity index (χ2v) is 7.83. The number of nitro groups is 1. The molecule has 1 saturated heterocycles. The molecule has 0 aliphatic carbocycles. The minimum absolute atomic E-state index is 0.115. The molecule has 1 aromatic heterocycles.